The summed E-state index contributed by atoms with van der Waals surface area (Å²) in [5.74, 6) is 7.48. The van der Waals surface area contributed by atoms with Crippen molar-refractivity contribution in [2.24, 2.45) is 0 Å². The van der Waals surface area contributed by atoms with Gasteiger partial charge in [0.1, 0.15) is 5.75 Å². The van der Waals surface area contributed by atoms with E-state index in [0.717, 1.165) is 17.7 Å². The molecule has 0 bridgehead atoms. The van der Waals surface area contributed by atoms with Gasteiger partial charge in [0.15, 0.2) is 0 Å². The lowest BCUT2D eigenvalue weighted by Crippen LogP contribution is -2.50. The molecule has 0 N–H and O–H groups in total. The van der Waals surface area contributed by atoms with E-state index in [-0.39, 0.29) is 0 Å². The molecule has 0 saturated heterocycles. The van der Waals surface area contributed by atoms with E-state index in [0.29, 0.717) is 16.6 Å². The van der Waals surface area contributed by atoms with Gasteiger partial charge < -0.3 is 4.43 Å². The molecule has 0 amide bonds. The second-order valence-corrected chi connectivity index (χ2v) is 13.3. The third-order valence-electron chi connectivity index (χ3n) is 5.22. The van der Waals surface area contributed by atoms with E-state index in [1.165, 1.54) is 5.56 Å². The monoisotopic (exact) mass is 364 g/mol. The van der Waals surface area contributed by atoms with Crippen molar-refractivity contribution in [1.82, 2.24) is 0 Å². The minimum absolute atomic E-state index is 0.582. The van der Waals surface area contributed by atoms with Crippen LogP contribution >= 0.6 is 0 Å². The first-order valence-electron chi connectivity index (χ1n) is 9.68. The summed E-state index contributed by atoms with van der Waals surface area (Å²) in [5, 5.41) is 0. The second-order valence-electron chi connectivity index (χ2n) is 7.91. The second kappa shape index (κ2) is 9.10. The summed E-state index contributed by atoms with van der Waals surface area (Å²) < 4.78 is 6.72. The molecule has 0 heterocycles. The fraction of sp³-hybridized carbons (Fsp3) is 0.417. The maximum Gasteiger partial charge on any atom is 0.258 e. The number of benzene rings is 2. The highest BCUT2D eigenvalue weighted by Crippen LogP contribution is 2.42. The predicted molar refractivity (Wildman–Crippen MR) is 115 cm³/mol. The molecule has 26 heavy (non-hydrogen) atoms. The Labute approximate surface area is 160 Å². The number of hydrogen-bond acceptors (Lipinski definition) is 1. The van der Waals surface area contributed by atoms with Crippen LogP contribution in [0.25, 0.3) is 0 Å². The van der Waals surface area contributed by atoms with Gasteiger partial charge in [-0.15, -0.1) is 0 Å². The Bertz CT molecular complexity index is 712. The first-order valence-corrected chi connectivity index (χ1v) is 11.8. The highest BCUT2D eigenvalue weighted by atomic mass is 28.4. The largest absolute Gasteiger partial charge is 0.543 e. The molecule has 0 fully saturated rings. The summed E-state index contributed by atoms with van der Waals surface area (Å²) in [6, 6.07) is 18.7. The molecule has 2 heteroatoms. The third-order valence-corrected chi connectivity index (χ3v) is 11.2. The molecule has 138 valence electrons. The van der Waals surface area contributed by atoms with Crippen molar-refractivity contribution in [3.8, 4) is 17.6 Å². The van der Waals surface area contributed by atoms with Gasteiger partial charge in [0, 0.05) is 12.0 Å². The fourth-order valence-corrected chi connectivity index (χ4v) is 9.25. The molecular weight excluding hydrogens is 332 g/mol. The van der Waals surface area contributed by atoms with Gasteiger partial charge in [-0.2, -0.15) is 0 Å². The van der Waals surface area contributed by atoms with Crippen LogP contribution in [0.2, 0.25) is 16.6 Å². The maximum atomic E-state index is 6.72. The third kappa shape index (κ3) is 4.80. The maximum absolute atomic E-state index is 6.72. The smallest absolute Gasteiger partial charge is 0.258 e. The normalized spacial score (nSPS) is 11.6. The molecule has 1 nitrogen and oxygen atoms in total. The van der Waals surface area contributed by atoms with Crippen LogP contribution in [0.4, 0.5) is 0 Å². The van der Waals surface area contributed by atoms with Crippen LogP contribution in [0, 0.1) is 11.8 Å². The van der Waals surface area contributed by atoms with Gasteiger partial charge in [-0.3, -0.25) is 0 Å². The summed E-state index contributed by atoms with van der Waals surface area (Å²) >= 11 is 0. The summed E-state index contributed by atoms with van der Waals surface area (Å²) in [6.07, 6.45) is 0.760. The van der Waals surface area contributed by atoms with E-state index in [1.807, 2.05) is 30.3 Å². The van der Waals surface area contributed by atoms with Crippen molar-refractivity contribution >= 4 is 8.32 Å². The quantitative estimate of drug-likeness (QED) is 0.403. The first-order chi connectivity index (χ1) is 12.4. The zero-order valence-corrected chi connectivity index (χ0v) is 18.0. The Morgan fingerprint density at radius 3 is 1.81 bits per heavy atom. The van der Waals surface area contributed by atoms with Crippen molar-refractivity contribution in [1.29, 1.82) is 0 Å². The van der Waals surface area contributed by atoms with Crippen LogP contribution in [0.15, 0.2) is 54.6 Å². The van der Waals surface area contributed by atoms with Crippen LogP contribution < -0.4 is 4.43 Å². The average Bonchev–Trinajstić information content (AvgIpc) is 2.61. The van der Waals surface area contributed by atoms with E-state index in [1.54, 1.807) is 0 Å². The van der Waals surface area contributed by atoms with Gasteiger partial charge >= 0.3 is 0 Å². The standard InChI is InChI=1S/C24H32OSi/c1-19(2)26(20(3)4,21(5)6)25-24-17-15-23(16-18-24)14-10-13-22-11-8-7-9-12-22/h7-9,11-12,15-21H,14H2,1-6H3. The number of rotatable bonds is 6. The molecule has 0 radical (unpaired) electrons. The molecule has 2 aromatic rings. The fourth-order valence-electron chi connectivity index (χ4n) is 4.00. The van der Waals surface area contributed by atoms with Gasteiger partial charge in [-0.05, 0) is 46.5 Å². The Morgan fingerprint density at radius 2 is 1.31 bits per heavy atom. The Kier molecular flexibility index (Phi) is 7.11. The lowest BCUT2D eigenvalue weighted by Gasteiger charge is -2.42. The molecule has 0 aliphatic carbocycles. The van der Waals surface area contributed by atoms with Gasteiger partial charge in [-0.25, -0.2) is 0 Å². The summed E-state index contributed by atoms with van der Waals surface area (Å²) in [6.45, 7) is 13.9. The topological polar surface area (TPSA) is 9.23 Å². The van der Waals surface area contributed by atoms with E-state index in [4.69, 9.17) is 4.43 Å². The molecule has 0 atom stereocenters. The lowest BCUT2D eigenvalue weighted by atomic mass is 10.1. The summed E-state index contributed by atoms with van der Waals surface area (Å²) in [4.78, 5) is 0. The van der Waals surface area contributed by atoms with Crippen molar-refractivity contribution in [3.63, 3.8) is 0 Å². The van der Waals surface area contributed by atoms with Crippen molar-refractivity contribution in [2.75, 3.05) is 0 Å². The zero-order valence-electron chi connectivity index (χ0n) is 17.0. The Balaban J connectivity index is 2.10. The van der Waals surface area contributed by atoms with Gasteiger partial charge in [0.2, 0.25) is 0 Å². The lowest BCUT2D eigenvalue weighted by molar-refractivity contribution is 0.479. The summed E-state index contributed by atoms with van der Waals surface area (Å²) in [5.41, 5.74) is 4.04. The van der Waals surface area contributed by atoms with E-state index in [2.05, 4.69) is 77.6 Å². The molecule has 0 spiro atoms. The molecule has 2 aromatic carbocycles. The van der Waals surface area contributed by atoms with Crippen LogP contribution in [0.3, 0.4) is 0 Å². The molecule has 0 aliphatic heterocycles. The van der Waals surface area contributed by atoms with Gasteiger partial charge in [-0.1, -0.05) is 83.7 Å². The van der Waals surface area contributed by atoms with E-state index in [9.17, 15) is 0 Å². The summed E-state index contributed by atoms with van der Waals surface area (Å²) in [7, 11) is -1.88. The Hall–Kier alpha value is -1.98. The highest BCUT2D eigenvalue weighted by Gasteiger charge is 2.46. The van der Waals surface area contributed by atoms with Crippen molar-refractivity contribution < 1.29 is 4.43 Å². The van der Waals surface area contributed by atoms with Crippen molar-refractivity contribution in [3.05, 3.63) is 65.7 Å². The predicted octanol–water partition coefficient (Wildman–Crippen LogP) is 6.84. The van der Waals surface area contributed by atoms with Gasteiger partial charge in [0.05, 0.1) is 0 Å². The SMILES string of the molecule is CC(C)[Si](Oc1ccc(CC#Cc2ccccc2)cc1)(C(C)C)C(C)C. The highest BCUT2D eigenvalue weighted by molar-refractivity contribution is 6.78. The van der Waals surface area contributed by atoms with Gasteiger partial charge in [0.25, 0.3) is 8.32 Å². The number of hydrogen-bond donors (Lipinski definition) is 0. The molecule has 2 rings (SSSR count). The van der Waals surface area contributed by atoms with E-state index < -0.39 is 8.32 Å². The Morgan fingerprint density at radius 1 is 0.769 bits per heavy atom. The molecular formula is C24H32OSi. The van der Waals surface area contributed by atoms with Crippen LogP contribution in [0.5, 0.6) is 5.75 Å². The molecule has 0 aliphatic rings. The minimum Gasteiger partial charge on any atom is -0.543 e. The molecule has 0 aromatic heterocycles. The van der Waals surface area contributed by atoms with Crippen LogP contribution in [0.1, 0.15) is 52.7 Å². The van der Waals surface area contributed by atoms with E-state index >= 15 is 0 Å². The molecule has 0 unspecified atom stereocenters. The van der Waals surface area contributed by atoms with Crippen molar-refractivity contribution in [2.45, 2.75) is 64.6 Å². The minimum atomic E-state index is -1.88. The zero-order chi connectivity index (χ0) is 19.2. The average molecular weight is 365 g/mol. The molecule has 0 saturated carbocycles. The van der Waals surface area contributed by atoms with Crippen LogP contribution in [-0.2, 0) is 6.42 Å². The first kappa shape index (κ1) is 20.3. The van der Waals surface area contributed by atoms with Crippen LogP contribution in [-0.4, -0.2) is 8.32 Å².